The summed E-state index contributed by atoms with van der Waals surface area (Å²) >= 11 is 1.52. The van der Waals surface area contributed by atoms with Gasteiger partial charge in [0.15, 0.2) is 0 Å². The van der Waals surface area contributed by atoms with E-state index in [9.17, 15) is 9.59 Å². The third-order valence-electron chi connectivity index (χ3n) is 3.05. The Morgan fingerprint density at radius 3 is 2.76 bits per heavy atom. The van der Waals surface area contributed by atoms with Crippen molar-refractivity contribution in [3.05, 3.63) is 44.0 Å². The summed E-state index contributed by atoms with van der Waals surface area (Å²) in [5, 5.41) is 5.63. The van der Waals surface area contributed by atoms with E-state index < -0.39 is 5.69 Å². The number of carbonyl (C=O) groups excluding carboxylic acids is 1. The molecule has 2 aromatic rings. The maximum Gasteiger partial charge on any atom is 0.348 e. The Morgan fingerprint density at radius 1 is 1.38 bits per heavy atom. The van der Waals surface area contributed by atoms with Crippen molar-refractivity contribution in [2.24, 2.45) is 0 Å². The molecule has 2 heterocycles. The average Bonchev–Trinajstić information content (AvgIpc) is 2.88. The van der Waals surface area contributed by atoms with Gasteiger partial charge in [0.05, 0.1) is 12.2 Å². The van der Waals surface area contributed by atoms with Crippen molar-refractivity contribution in [2.75, 3.05) is 0 Å². The van der Waals surface area contributed by atoms with Crippen LogP contribution in [0, 0.1) is 13.8 Å². The van der Waals surface area contributed by atoms with E-state index in [2.05, 4.69) is 15.3 Å². The molecule has 0 aliphatic rings. The van der Waals surface area contributed by atoms with E-state index in [1.807, 2.05) is 12.3 Å². The number of nitrogens with zero attached hydrogens (tertiary/aromatic N) is 3. The first-order valence-electron chi connectivity index (χ1n) is 6.74. The molecule has 0 spiro atoms. The van der Waals surface area contributed by atoms with Crippen LogP contribution >= 0.6 is 11.3 Å². The van der Waals surface area contributed by atoms with Gasteiger partial charge in [-0.15, -0.1) is 11.3 Å². The van der Waals surface area contributed by atoms with Crippen LogP contribution in [0.15, 0.2) is 16.2 Å². The lowest BCUT2D eigenvalue weighted by Crippen LogP contribution is -2.34. The Balaban J connectivity index is 1.97. The lowest BCUT2D eigenvalue weighted by Gasteiger charge is -2.09. The van der Waals surface area contributed by atoms with Gasteiger partial charge in [-0.25, -0.2) is 9.78 Å². The van der Waals surface area contributed by atoms with Gasteiger partial charge in [-0.1, -0.05) is 6.92 Å². The van der Waals surface area contributed by atoms with Gasteiger partial charge in [0.1, 0.15) is 11.6 Å². The molecule has 0 fully saturated rings. The van der Waals surface area contributed by atoms with E-state index in [4.69, 9.17) is 0 Å². The Bertz CT molecular complexity index is 705. The molecule has 0 aromatic carbocycles. The van der Waals surface area contributed by atoms with E-state index in [1.165, 1.54) is 15.9 Å². The molecule has 112 valence electrons. The van der Waals surface area contributed by atoms with Gasteiger partial charge in [-0.2, -0.15) is 4.98 Å². The molecule has 0 aliphatic carbocycles. The Kier molecular flexibility index (Phi) is 4.85. The number of amides is 1. The maximum absolute atomic E-state index is 11.9. The molecule has 0 unspecified atom stereocenters. The first-order valence-corrected chi connectivity index (χ1v) is 7.62. The average molecular weight is 306 g/mol. The predicted molar refractivity (Wildman–Crippen MR) is 81.3 cm³/mol. The number of hydrogen-bond donors (Lipinski definition) is 1. The van der Waals surface area contributed by atoms with Gasteiger partial charge >= 0.3 is 5.69 Å². The molecule has 2 rings (SSSR count). The lowest BCUT2D eigenvalue weighted by atomic mass is 10.3. The fourth-order valence-electron chi connectivity index (χ4n) is 1.93. The highest BCUT2D eigenvalue weighted by atomic mass is 32.1. The van der Waals surface area contributed by atoms with Gasteiger partial charge in [0.2, 0.25) is 5.91 Å². The number of aryl methyl sites for hydroxylation is 3. The van der Waals surface area contributed by atoms with Crippen LogP contribution in [0.2, 0.25) is 0 Å². The van der Waals surface area contributed by atoms with Crippen LogP contribution in [-0.4, -0.2) is 20.4 Å². The van der Waals surface area contributed by atoms with Crippen LogP contribution in [0.5, 0.6) is 0 Å². The molecule has 1 amide bonds. The zero-order valence-corrected chi connectivity index (χ0v) is 13.2. The summed E-state index contributed by atoms with van der Waals surface area (Å²) in [7, 11) is 0. The van der Waals surface area contributed by atoms with Crippen molar-refractivity contribution in [3.8, 4) is 0 Å². The van der Waals surface area contributed by atoms with Gasteiger partial charge in [-0.05, 0) is 26.3 Å². The maximum atomic E-state index is 11.9. The van der Waals surface area contributed by atoms with Crippen molar-refractivity contribution in [2.45, 2.75) is 40.3 Å². The van der Waals surface area contributed by atoms with Crippen LogP contribution in [0.1, 0.15) is 29.0 Å². The predicted octanol–water partition coefficient (Wildman–Crippen LogP) is 1.20. The quantitative estimate of drug-likeness (QED) is 0.900. The SMILES string of the molecule is CCc1csc(CNC(=O)Cn2c(C)cc(C)nc2=O)n1. The molecule has 0 atom stereocenters. The molecule has 21 heavy (non-hydrogen) atoms. The molecule has 2 aromatic heterocycles. The van der Waals surface area contributed by atoms with Crippen LogP contribution in [-0.2, 0) is 24.3 Å². The zero-order valence-electron chi connectivity index (χ0n) is 12.3. The second-order valence-corrected chi connectivity index (χ2v) is 5.71. The fraction of sp³-hybridized carbons (Fsp3) is 0.429. The summed E-state index contributed by atoms with van der Waals surface area (Å²) in [6, 6.07) is 1.78. The number of rotatable bonds is 5. The lowest BCUT2D eigenvalue weighted by molar-refractivity contribution is -0.121. The minimum Gasteiger partial charge on any atom is -0.348 e. The molecular weight excluding hydrogens is 288 g/mol. The second kappa shape index (κ2) is 6.62. The summed E-state index contributed by atoms with van der Waals surface area (Å²) in [5.74, 6) is -0.223. The highest BCUT2D eigenvalue weighted by Gasteiger charge is 2.09. The van der Waals surface area contributed by atoms with Crippen LogP contribution in [0.4, 0.5) is 0 Å². The van der Waals surface area contributed by atoms with E-state index in [-0.39, 0.29) is 12.5 Å². The number of nitrogens with one attached hydrogen (secondary N) is 1. The minimum atomic E-state index is -0.398. The highest BCUT2D eigenvalue weighted by molar-refractivity contribution is 7.09. The third kappa shape index (κ3) is 3.98. The third-order valence-corrected chi connectivity index (χ3v) is 3.94. The number of carbonyl (C=O) groups is 1. The topological polar surface area (TPSA) is 76.9 Å². The molecule has 1 N–H and O–H groups in total. The summed E-state index contributed by atoms with van der Waals surface area (Å²) in [6.07, 6.45) is 0.883. The smallest absolute Gasteiger partial charge is 0.348 e. The first kappa shape index (κ1) is 15.4. The Morgan fingerprint density at radius 2 is 2.14 bits per heavy atom. The molecule has 0 aliphatic heterocycles. The van der Waals surface area contributed by atoms with Crippen LogP contribution in [0.25, 0.3) is 0 Å². The monoisotopic (exact) mass is 306 g/mol. The molecule has 0 saturated carbocycles. The Hall–Kier alpha value is -2.02. The number of hydrogen-bond acceptors (Lipinski definition) is 5. The summed E-state index contributed by atoms with van der Waals surface area (Å²) in [4.78, 5) is 31.9. The van der Waals surface area contributed by atoms with Gasteiger partial charge in [-0.3, -0.25) is 9.36 Å². The first-order chi connectivity index (χ1) is 9.99. The number of thiazole rings is 1. The summed E-state index contributed by atoms with van der Waals surface area (Å²) < 4.78 is 1.36. The van der Waals surface area contributed by atoms with Crippen LogP contribution < -0.4 is 11.0 Å². The van der Waals surface area contributed by atoms with Crippen molar-refractivity contribution < 1.29 is 4.79 Å². The zero-order chi connectivity index (χ0) is 15.4. The molecule has 0 saturated heterocycles. The fourth-order valence-corrected chi connectivity index (χ4v) is 2.75. The Labute approximate surface area is 126 Å². The largest absolute Gasteiger partial charge is 0.348 e. The summed E-state index contributed by atoms with van der Waals surface area (Å²) in [5.41, 5.74) is 2.01. The molecule has 0 radical (unpaired) electrons. The van der Waals surface area contributed by atoms with E-state index in [0.29, 0.717) is 12.2 Å². The molecule has 0 bridgehead atoms. The van der Waals surface area contributed by atoms with Crippen molar-refractivity contribution in [1.29, 1.82) is 0 Å². The molecule has 6 nitrogen and oxygen atoms in total. The highest BCUT2D eigenvalue weighted by Crippen LogP contribution is 2.09. The minimum absolute atomic E-state index is 0.0239. The normalized spacial score (nSPS) is 10.6. The van der Waals surface area contributed by atoms with Crippen molar-refractivity contribution in [1.82, 2.24) is 19.9 Å². The molecular formula is C14H18N4O2S. The van der Waals surface area contributed by atoms with E-state index >= 15 is 0 Å². The standard InChI is InChI=1S/C14H18N4O2S/c1-4-11-8-21-13(17-11)6-15-12(19)7-18-10(3)5-9(2)16-14(18)20/h5,8H,4,6-7H2,1-3H3,(H,15,19). The second-order valence-electron chi connectivity index (χ2n) is 4.77. The van der Waals surface area contributed by atoms with Crippen molar-refractivity contribution >= 4 is 17.2 Å². The van der Waals surface area contributed by atoms with Gasteiger partial charge < -0.3 is 5.32 Å². The van der Waals surface area contributed by atoms with Crippen molar-refractivity contribution in [3.63, 3.8) is 0 Å². The van der Waals surface area contributed by atoms with E-state index in [1.54, 1.807) is 19.9 Å². The van der Waals surface area contributed by atoms with Gasteiger partial charge in [0, 0.05) is 16.8 Å². The molecule has 7 heteroatoms. The van der Waals surface area contributed by atoms with Crippen LogP contribution in [0.3, 0.4) is 0 Å². The van der Waals surface area contributed by atoms with Gasteiger partial charge in [0.25, 0.3) is 0 Å². The summed E-state index contributed by atoms with van der Waals surface area (Å²) in [6.45, 7) is 5.95. The van der Waals surface area contributed by atoms with E-state index in [0.717, 1.165) is 22.8 Å². The number of aromatic nitrogens is 3.